The molecular weight excluding hydrogens is 290 g/mol. The van der Waals surface area contributed by atoms with Crippen LogP contribution in [-0.4, -0.2) is 25.0 Å². The minimum Gasteiger partial charge on any atom is -0.348 e. The van der Waals surface area contributed by atoms with Gasteiger partial charge in [0.05, 0.1) is 13.2 Å². The summed E-state index contributed by atoms with van der Waals surface area (Å²) >= 11 is 5.59. The van der Waals surface area contributed by atoms with Crippen LogP contribution in [0.4, 0.5) is 5.69 Å². The predicted molar refractivity (Wildman–Crippen MR) is 83.5 cm³/mol. The third kappa shape index (κ3) is 4.99. The number of nitrogens with one attached hydrogen (secondary N) is 1. The van der Waals surface area contributed by atoms with E-state index in [1.54, 1.807) is 0 Å². The van der Waals surface area contributed by atoms with E-state index in [9.17, 15) is 4.79 Å². The molecule has 1 saturated heterocycles. The fourth-order valence-electron chi connectivity index (χ4n) is 2.10. The van der Waals surface area contributed by atoms with Gasteiger partial charge in [0.25, 0.3) is 0 Å². The highest BCUT2D eigenvalue weighted by Crippen LogP contribution is 2.31. The highest BCUT2D eigenvalue weighted by Gasteiger charge is 2.29. The van der Waals surface area contributed by atoms with Gasteiger partial charge in [0.15, 0.2) is 6.29 Å². The molecule has 0 unspecified atom stereocenters. The van der Waals surface area contributed by atoms with Gasteiger partial charge in [-0.3, -0.25) is 4.79 Å². The molecule has 5 heteroatoms. The van der Waals surface area contributed by atoms with Gasteiger partial charge >= 0.3 is 0 Å². The van der Waals surface area contributed by atoms with Crippen LogP contribution in [0.5, 0.6) is 0 Å². The summed E-state index contributed by atoms with van der Waals surface area (Å²) in [6.45, 7) is 5.53. The highest BCUT2D eigenvalue weighted by molar-refractivity contribution is 6.18. The van der Waals surface area contributed by atoms with Gasteiger partial charge in [-0.1, -0.05) is 26.0 Å². The first-order chi connectivity index (χ1) is 10.00. The molecule has 0 bridgehead atoms. The lowest BCUT2D eigenvalue weighted by Gasteiger charge is -2.34. The number of ether oxygens (including phenoxy) is 2. The molecule has 1 aromatic carbocycles. The normalized spacial score (nSPS) is 18.4. The van der Waals surface area contributed by atoms with E-state index >= 15 is 0 Å². The molecule has 0 spiro atoms. The summed E-state index contributed by atoms with van der Waals surface area (Å²) in [6, 6.07) is 7.58. The zero-order chi connectivity index (χ0) is 15.3. The molecule has 4 nitrogen and oxygen atoms in total. The molecule has 1 aliphatic rings. The predicted octanol–water partition coefficient (Wildman–Crippen LogP) is 3.72. The fourth-order valence-corrected chi connectivity index (χ4v) is 2.23. The average molecular weight is 312 g/mol. The maximum atomic E-state index is 11.7. The number of benzene rings is 1. The molecule has 2 rings (SSSR count). The van der Waals surface area contributed by atoms with Gasteiger partial charge in [-0.2, -0.15) is 0 Å². The highest BCUT2D eigenvalue weighted by atomic mass is 35.5. The lowest BCUT2D eigenvalue weighted by atomic mass is 9.95. The number of halogens is 1. The van der Waals surface area contributed by atoms with Crippen molar-refractivity contribution in [3.8, 4) is 0 Å². The smallest absolute Gasteiger partial charge is 0.224 e. The van der Waals surface area contributed by atoms with Gasteiger partial charge in [0.2, 0.25) is 5.91 Å². The average Bonchev–Trinajstić information content (AvgIpc) is 2.45. The van der Waals surface area contributed by atoms with Gasteiger partial charge in [0, 0.05) is 29.0 Å². The number of alkyl halides is 1. The number of amides is 1. The van der Waals surface area contributed by atoms with Crippen LogP contribution >= 0.6 is 11.6 Å². The summed E-state index contributed by atoms with van der Waals surface area (Å²) in [5.74, 6) is 0.465. The molecule has 1 aliphatic heterocycles. The van der Waals surface area contributed by atoms with Crippen LogP contribution in [0.2, 0.25) is 0 Å². The first-order valence-corrected chi connectivity index (χ1v) is 7.73. The fraction of sp³-hybridized carbons (Fsp3) is 0.562. The molecule has 0 radical (unpaired) electrons. The van der Waals surface area contributed by atoms with Crippen LogP contribution < -0.4 is 5.32 Å². The van der Waals surface area contributed by atoms with Crippen LogP contribution in [0.1, 0.15) is 38.5 Å². The summed E-state index contributed by atoms with van der Waals surface area (Å²) in [4.78, 5) is 11.7. The molecule has 0 aromatic heterocycles. The summed E-state index contributed by atoms with van der Waals surface area (Å²) in [7, 11) is 0. The zero-order valence-electron chi connectivity index (χ0n) is 12.5. The van der Waals surface area contributed by atoms with Crippen LogP contribution in [0.3, 0.4) is 0 Å². The van der Waals surface area contributed by atoms with Gasteiger partial charge in [-0.25, -0.2) is 0 Å². The van der Waals surface area contributed by atoms with Crippen molar-refractivity contribution < 1.29 is 14.3 Å². The number of hydrogen-bond donors (Lipinski definition) is 1. The lowest BCUT2D eigenvalue weighted by molar-refractivity contribution is -0.226. The quantitative estimate of drug-likeness (QED) is 0.843. The second-order valence-corrected chi connectivity index (χ2v) is 6.46. The third-order valence-electron chi connectivity index (χ3n) is 3.23. The molecule has 1 N–H and O–H groups in total. The van der Waals surface area contributed by atoms with Gasteiger partial charge in [-0.15, -0.1) is 11.6 Å². The Morgan fingerprint density at radius 1 is 1.38 bits per heavy atom. The monoisotopic (exact) mass is 311 g/mol. The Bertz CT molecular complexity index is 480. The van der Waals surface area contributed by atoms with E-state index in [4.69, 9.17) is 21.1 Å². The van der Waals surface area contributed by atoms with E-state index in [0.29, 0.717) is 31.9 Å². The van der Waals surface area contributed by atoms with Crippen molar-refractivity contribution in [2.45, 2.75) is 33.0 Å². The Morgan fingerprint density at radius 3 is 2.76 bits per heavy atom. The van der Waals surface area contributed by atoms with Crippen LogP contribution in [-0.2, 0) is 14.3 Å². The van der Waals surface area contributed by atoms with Crippen LogP contribution in [0.15, 0.2) is 24.3 Å². The van der Waals surface area contributed by atoms with Crippen LogP contribution in [0, 0.1) is 5.41 Å². The first kappa shape index (κ1) is 16.3. The minimum atomic E-state index is -0.363. The Kier molecular flexibility index (Phi) is 5.62. The molecule has 21 heavy (non-hydrogen) atoms. The van der Waals surface area contributed by atoms with E-state index in [2.05, 4.69) is 19.2 Å². The number of carbonyl (C=O) groups excluding carboxylic acids is 1. The third-order valence-corrected chi connectivity index (χ3v) is 3.50. The number of anilines is 1. The molecule has 0 aliphatic carbocycles. The summed E-state index contributed by atoms with van der Waals surface area (Å²) in [6.07, 6.45) is 0.743. The molecule has 0 atom stereocenters. The SMILES string of the molecule is CC1(C)COC(c2cccc(NC(=O)CCCCl)c2)OC1. The molecule has 116 valence electrons. The standard InChI is InChI=1S/C16H22ClNO3/c1-16(2)10-20-15(21-11-16)12-5-3-6-13(9-12)18-14(19)7-4-8-17/h3,5-6,9,15H,4,7-8,10-11H2,1-2H3,(H,18,19). The second kappa shape index (κ2) is 7.25. The molecular formula is C16H22ClNO3. The van der Waals surface area contributed by atoms with E-state index in [1.165, 1.54) is 0 Å². The van der Waals surface area contributed by atoms with Gasteiger partial charge < -0.3 is 14.8 Å². The Labute approximate surface area is 130 Å². The van der Waals surface area contributed by atoms with E-state index in [0.717, 1.165) is 11.3 Å². The number of hydrogen-bond acceptors (Lipinski definition) is 3. The minimum absolute atomic E-state index is 0.0283. The number of rotatable bonds is 5. The largest absolute Gasteiger partial charge is 0.348 e. The molecule has 1 amide bonds. The van der Waals surface area contributed by atoms with Crippen molar-refractivity contribution in [1.82, 2.24) is 0 Å². The summed E-state index contributed by atoms with van der Waals surface area (Å²) in [5, 5.41) is 2.86. The van der Waals surface area contributed by atoms with Crippen molar-refractivity contribution >= 4 is 23.2 Å². The topological polar surface area (TPSA) is 47.6 Å². The second-order valence-electron chi connectivity index (χ2n) is 6.08. The Hall–Kier alpha value is -1.10. The van der Waals surface area contributed by atoms with Crippen molar-refractivity contribution in [1.29, 1.82) is 0 Å². The van der Waals surface area contributed by atoms with Gasteiger partial charge in [-0.05, 0) is 18.6 Å². The van der Waals surface area contributed by atoms with Gasteiger partial charge in [0.1, 0.15) is 0 Å². The first-order valence-electron chi connectivity index (χ1n) is 7.19. The Morgan fingerprint density at radius 2 is 2.10 bits per heavy atom. The molecule has 1 fully saturated rings. The zero-order valence-corrected chi connectivity index (χ0v) is 13.3. The van der Waals surface area contributed by atoms with E-state index in [-0.39, 0.29) is 17.6 Å². The number of carbonyl (C=O) groups is 1. The molecule has 0 saturated carbocycles. The van der Waals surface area contributed by atoms with Crippen molar-refractivity contribution in [3.05, 3.63) is 29.8 Å². The maximum Gasteiger partial charge on any atom is 0.224 e. The Balaban J connectivity index is 1.96. The lowest BCUT2D eigenvalue weighted by Crippen LogP contribution is -2.33. The van der Waals surface area contributed by atoms with E-state index in [1.807, 2.05) is 24.3 Å². The van der Waals surface area contributed by atoms with Crippen molar-refractivity contribution in [2.24, 2.45) is 5.41 Å². The molecule has 1 aromatic rings. The van der Waals surface area contributed by atoms with Crippen molar-refractivity contribution in [2.75, 3.05) is 24.4 Å². The molecule has 1 heterocycles. The summed E-state index contributed by atoms with van der Waals surface area (Å²) < 4.78 is 11.5. The maximum absolute atomic E-state index is 11.7. The van der Waals surface area contributed by atoms with E-state index < -0.39 is 0 Å². The summed E-state index contributed by atoms with van der Waals surface area (Å²) in [5.41, 5.74) is 1.72. The van der Waals surface area contributed by atoms with Crippen LogP contribution in [0.25, 0.3) is 0 Å². The van der Waals surface area contributed by atoms with Crippen molar-refractivity contribution in [3.63, 3.8) is 0 Å².